The topological polar surface area (TPSA) is 72.9 Å². The molecule has 0 spiro atoms. The van der Waals surface area contributed by atoms with E-state index in [4.69, 9.17) is 4.52 Å². The first kappa shape index (κ1) is 15.5. The quantitative estimate of drug-likeness (QED) is 0.707. The van der Waals surface area contributed by atoms with E-state index >= 15 is 0 Å². The first-order valence-electron chi connectivity index (χ1n) is 8.13. The molecule has 0 N–H and O–H groups in total. The van der Waals surface area contributed by atoms with Crippen molar-refractivity contribution < 1.29 is 4.52 Å². The van der Waals surface area contributed by atoms with Gasteiger partial charge in [-0.3, -0.25) is 0 Å². The summed E-state index contributed by atoms with van der Waals surface area (Å²) in [6.07, 6.45) is 2.75. The highest BCUT2D eigenvalue weighted by Crippen LogP contribution is 2.32. The van der Waals surface area contributed by atoms with E-state index in [9.17, 15) is 0 Å². The molecule has 1 unspecified atom stereocenters. The van der Waals surface area contributed by atoms with Gasteiger partial charge in [-0.1, -0.05) is 10.4 Å². The lowest BCUT2D eigenvalue weighted by molar-refractivity contribution is 0.333. The van der Waals surface area contributed by atoms with Crippen LogP contribution in [0.2, 0.25) is 0 Å². The van der Waals surface area contributed by atoms with Crippen LogP contribution in [0.15, 0.2) is 21.3 Å². The normalized spacial score (nSPS) is 17.4. The van der Waals surface area contributed by atoms with Crippen LogP contribution >= 0.6 is 11.3 Å². The van der Waals surface area contributed by atoms with Crippen LogP contribution < -0.4 is 0 Å². The number of fused-ring (bicyclic) bond motifs is 1. The number of likely N-dealkylation sites (N-methyl/N-ethyl adjacent to an activating group) is 1. The highest BCUT2D eigenvalue weighted by molar-refractivity contribution is 7.08. The number of aromatic nitrogens is 5. The van der Waals surface area contributed by atoms with Gasteiger partial charge >= 0.3 is 0 Å². The molecule has 0 saturated carbocycles. The van der Waals surface area contributed by atoms with Gasteiger partial charge in [0.25, 0.3) is 0 Å². The molecule has 1 aliphatic carbocycles. The third kappa shape index (κ3) is 2.99. The Kier molecular flexibility index (Phi) is 4.15. The van der Waals surface area contributed by atoms with Crippen molar-refractivity contribution in [2.75, 3.05) is 20.6 Å². The minimum Gasteiger partial charge on any atom is -0.339 e. The van der Waals surface area contributed by atoms with E-state index in [0.717, 1.165) is 49.5 Å². The Hall–Kier alpha value is -2.06. The SMILES string of the molecule is CN(C)CCn1nnc2c1CC(c1nc(-c3ccsc3)no1)CC2. The van der Waals surface area contributed by atoms with Crippen LogP contribution in [0.4, 0.5) is 0 Å². The van der Waals surface area contributed by atoms with Crippen LogP contribution in [0.5, 0.6) is 0 Å². The summed E-state index contributed by atoms with van der Waals surface area (Å²) in [6, 6.07) is 2.01. The van der Waals surface area contributed by atoms with Gasteiger partial charge in [0.15, 0.2) is 0 Å². The first-order chi connectivity index (χ1) is 11.7. The van der Waals surface area contributed by atoms with Crippen molar-refractivity contribution in [2.24, 2.45) is 0 Å². The molecule has 0 saturated heterocycles. The highest BCUT2D eigenvalue weighted by Gasteiger charge is 2.29. The molecule has 1 aliphatic rings. The molecule has 0 fully saturated rings. The second kappa shape index (κ2) is 6.45. The van der Waals surface area contributed by atoms with Crippen molar-refractivity contribution in [1.82, 2.24) is 30.0 Å². The first-order valence-corrected chi connectivity index (χ1v) is 9.07. The standard InChI is InChI=1S/C16H20N6OS/c1-21(2)6-7-22-14-9-11(3-4-13(14)18-20-22)16-17-15(19-23-16)12-5-8-24-10-12/h5,8,10-11H,3-4,6-7,9H2,1-2H3. The maximum absolute atomic E-state index is 5.54. The number of hydrogen-bond acceptors (Lipinski definition) is 7. The van der Waals surface area contributed by atoms with Crippen molar-refractivity contribution in [1.29, 1.82) is 0 Å². The van der Waals surface area contributed by atoms with E-state index in [1.54, 1.807) is 11.3 Å². The molecule has 24 heavy (non-hydrogen) atoms. The Morgan fingerprint density at radius 3 is 3.12 bits per heavy atom. The third-order valence-electron chi connectivity index (χ3n) is 4.42. The molecule has 3 aromatic rings. The molecule has 3 aromatic heterocycles. The Morgan fingerprint density at radius 2 is 2.33 bits per heavy atom. The fourth-order valence-corrected chi connectivity index (χ4v) is 3.66. The average molecular weight is 344 g/mol. The van der Waals surface area contributed by atoms with Crippen LogP contribution in [-0.4, -0.2) is 50.7 Å². The molecule has 0 radical (unpaired) electrons. The van der Waals surface area contributed by atoms with E-state index < -0.39 is 0 Å². The number of nitrogens with zero attached hydrogens (tertiary/aromatic N) is 6. The van der Waals surface area contributed by atoms with Crippen molar-refractivity contribution in [3.8, 4) is 11.4 Å². The second-order valence-electron chi connectivity index (χ2n) is 6.42. The summed E-state index contributed by atoms with van der Waals surface area (Å²) in [5.74, 6) is 1.65. The summed E-state index contributed by atoms with van der Waals surface area (Å²) in [5, 5.41) is 16.8. The van der Waals surface area contributed by atoms with Gasteiger partial charge < -0.3 is 9.42 Å². The Labute approximate surface area is 144 Å². The molecule has 1 atom stereocenters. The van der Waals surface area contributed by atoms with Crippen LogP contribution in [0, 0.1) is 0 Å². The van der Waals surface area contributed by atoms with Gasteiger partial charge in [-0.15, -0.1) is 5.10 Å². The predicted octanol–water partition coefficient (Wildman–Crippen LogP) is 2.22. The molecule has 126 valence electrons. The Morgan fingerprint density at radius 1 is 1.42 bits per heavy atom. The smallest absolute Gasteiger partial charge is 0.230 e. The van der Waals surface area contributed by atoms with Gasteiger partial charge in [-0.25, -0.2) is 4.68 Å². The average Bonchev–Trinajstić information content (AvgIpc) is 3.31. The maximum Gasteiger partial charge on any atom is 0.230 e. The van der Waals surface area contributed by atoms with Gasteiger partial charge in [-0.2, -0.15) is 16.3 Å². The van der Waals surface area contributed by atoms with Gasteiger partial charge in [0.1, 0.15) is 0 Å². The molecule has 0 amide bonds. The van der Waals surface area contributed by atoms with Crippen LogP contribution in [0.25, 0.3) is 11.4 Å². The fraction of sp³-hybridized carbons (Fsp3) is 0.500. The van der Waals surface area contributed by atoms with Gasteiger partial charge in [0, 0.05) is 29.8 Å². The Balaban J connectivity index is 1.52. The molecule has 0 bridgehead atoms. The van der Waals surface area contributed by atoms with E-state index in [-0.39, 0.29) is 5.92 Å². The molecule has 4 rings (SSSR count). The van der Waals surface area contributed by atoms with E-state index in [1.165, 1.54) is 5.69 Å². The summed E-state index contributed by atoms with van der Waals surface area (Å²) >= 11 is 1.64. The van der Waals surface area contributed by atoms with E-state index in [0.29, 0.717) is 5.82 Å². The lowest BCUT2D eigenvalue weighted by atomic mass is 9.89. The predicted molar refractivity (Wildman–Crippen MR) is 91.0 cm³/mol. The molecule has 8 heteroatoms. The summed E-state index contributed by atoms with van der Waals surface area (Å²) in [7, 11) is 4.13. The van der Waals surface area contributed by atoms with E-state index in [2.05, 4.69) is 39.4 Å². The maximum atomic E-state index is 5.54. The molecule has 3 heterocycles. The zero-order valence-electron chi connectivity index (χ0n) is 13.8. The monoisotopic (exact) mass is 344 g/mol. The molecule has 7 nitrogen and oxygen atoms in total. The van der Waals surface area contributed by atoms with Crippen LogP contribution in [0.3, 0.4) is 0 Å². The van der Waals surface area contributed by atoms with Crippen LogP contribution in [0.1, 0.15) is 29.6 Å². The third-order valence-corrected chi connectivity index (χ3v) is 5.10. The van der Waals surface area contributed by atoms with Gasteiger partial charge in [0.05, 0.1) is 17.9 Å². The van der Waals surface area contributed by atoms with Crippen molar-refractivity contribution in [3.63, 3.8) is 0 Å². The summed E-state index contributed by atoms with van der Waals surface area (Å²) in [5.41, 5.74) is 3.34. The molecular formula is C16H20N6OS. The number of thiophene rings is 1. The minimum absolute atomic E-state index is 0.244. The van der Waals surface area contributed by atoms with Gasteiger partial charge in [0.2, 0.25) is 11.7 Å². The summed E-state index contributed by atoms with van der Waals surface area (Å²) < 4.78 is 7.57. The molecule has 0 aliphatic heterocycles. The summed E-state index contributed by atoms with van der Waals surface area (Å²) in [4.78, 5) is 6.76. The largest absolute Gasteiger partial charge is 0.339 e. The number of rotatable bonds is 5. The zero-order chi connectivity index (χ0) is 16.5. The fourth-order valence-electron chi connectivity index (χ4n) is 3.03. The molecular weight excluding hydrogens is 324 g/mol. The minimum atomic E-state index is 0.244. The highest BCUT2D eigenvalue weighted by atomic mass is 32.1. The number of aryl methyl sites for hydroxylation is 1. The van der Waals surface area contributed by atoms with Crippen LogP contribution in [-0.2, 0) is 19.4 Å². The molecule has 0 aromatic carbocycles. The van der Waals surface area contributed by atoms with E-state index in [1.807, 2.05) is 21.5 Å². The lowest BCUT2D eigenvalue weighted by Crippen LogP contribution is -2.22. The van der Waals surface area contributed by atoms with Crippen molar-refractivity contribution in [3.05, 3.63) is 34.1 Å². The lowest BCUT2D eigenvalue weighted by Gasteiger charge is -2.19. The summed E-state index contributed by atoms with van der Waals surface area (Å²) in [6.45, 7) is 1.80. The Bertz CT molecular complexity index is 807. The van der Waals surface area contributed by atoms with Crippen molar-refractivity contribution >= 4 is 11.3 Å². The van der Waals surface area contributed by atoms with Crippen molar-refractivity contribution in [2.45, 2.75) is 31.7 Å². The number of hydrogen-bond donors (Lipinski definition) is 0. The van der Waals surface area contributed by atoms with Gasteiger partial charge in [-0.05, 0) is 38.4 Å². The zero-order valence-corrected chi connectivity index (χ0v) is 14.7. The second-order valence-corrected chi connectivity index (χ2v) is 7.20.